The van der Waals surface area contributed by atoms with Crippen LogP contribution in [-0.4, -0.2) is 58.5 Å². The maximum Gasteiger partial charge on any atom is 0.240 e. The second-order valence-electron chi connectivity index (χ2n) is 7.05. The van der Waals surface area contributed by atoms with Gasteiger partial charge in [-0.05, 0) is 44.5 Å². The molecule has 1 heterocycles. The molecule has 0 saturated carbocycles. The number of rotatable bonds is 6. The van der Waals surface area contributed by atoms with Gasteiger partial charge >= 0.3 is 0 Å². The number of guanidine groups is 1. The van der Waals surface area contributed by atoms with Crippen LogP contribution in [0.2, 0.25) is 0 Å². The second-order valence-corrected chi connectivity index (χ2v) is 8.94. The Kier molecular flexibility index (Phi) is 9.46. The molecule has 27 heavy (non-hydrogen) atoms. The van der Waals surface area contributed by atoms with Crippen molar-refractivity contribution < 1.29 is 8.42 Å². The molecule has 2 atom stereocenters. The molecule has 1 saturated heterocycles. The van der Waals surface area contributed by atoms with Crippen LogP contribution in [-0.2, 0) is 16.6 Å². The summed E-state index contributed by atoms with van der Waals surface area (Å²) in [5.41, 5.74) is 0.992. The molecule has 0 spiro atoms. The second kappa shape index (κ2) is 10.6. The van der Waals surface area contributed by atoms with Crippen LogP contribution in [0.5, 0.6) is 0 Å². The minimum absolute atomic E-state index is 0. The Bertz CT molecular complexity index is 722. The number of sulfonamides is 1. The van der Waals surface area contributed by atoms with Crippen LogP contribution in [0.1, 0.15) is 26.3 Å². The Morgan fingerprint density at radius 3 is 2.37 bits per heavy atom. The molecule has 0 aliphatic carbocycles. The first-order valence-corrected chi connectivity index (χ1v) is 10.5. The van der Waals surface area contributed by atoms with Gasteiger partial charge in [-0.2, -0.15) is 0 Å². The van der Waals surface area contributed by atoms with Crippen LogP contribution in [0.15, 0.2) is 34.2 Å². The predicted molar refractivity (Wildman–Crippen MR) is 121 cm³/mol. The highest BCUT2D eigenvalue weighted by Crippen LogP contribution is 2.18. The first-order valence-electron chi connectivity index (χ1n) is 9.00. The zero-order valence-corrected chi connectivity index (χ0v) is 19.8. The highest BCUT2D eigenvalue weighted by atomic mass is 127. The van der Waals surface area contributed by atoms with E-state index in [1.807, 2.05) is 12.1 Å². The zero-order chi connectivity index (χ0) is 19.3. The summed E-state index contributed by atoms with van der Waals surface area (Å²) in [4.78, 5) is 7.04. The van der Waals surface area contributed by atoms with Crippen molar-refractivity contribution in [1.82, 2.24) is 20.3 Å². The van der Waals surface area contributed by atoms with Gasteiger partial charge in [-0.1, -0.05) is 19.1 Å². The van der Waals surface area contributed by atoms with Gasteiger partial charge in [0, 0.05) is 38.8 Å². The van der Waals surface area contributed by atoms with Gasteiger partial charge < -0.3 is 10.6 Å². The lowest BCUT2D eigenvalue weighted by Crippen LogP contribution is -2.46. The van der Waals surface area contributed by atoms with E-state index in [9.17, 15) is 8.42 Å². The molecule has 0 radical (unpaired) electrons. The molecule has 1 aliphatic heterocycles. The molecule has 0 aromatic heterocycles. The highest BCUT2D eigenvalue weighted by Gasteiger charge is 2.31. The molecule has 2 unspecified atom stereocenters. The van der Waals surface area contributed by atoms with E-state index < -0.39 is 10.0 Å². The standard InChI is InChI=1S/C18H31N5O2S.HI/c1-13(2)23-11-14(3)17(12-23)22-18(19-4)21-10-15-6-8-16(9-7-15)26(24,25)20-5;/h6-9,13-14,17,20H,10-12H2,1-5H3,(H2,19,21,22);1H. The maximum absolute atomic E-state index is 11.8. The fourth-order valence-electron chi connectivity index (χ4n) is 3.07. The van der Waals surface area contributed by atoms with E-state index in [2.05, 4.69) is 46.0 Å². The Morgan fingerprint density at radius 2 is 1.89 bits per heavy atom. The largest absolute Gasteiger partial charge is 0.352 e. The van der Waals surface area contributed by atoms with E-state index in [4.69, 9.17) is 0 Å². The van der Waals surface area contributed by atoms with Crippen LogP contribution in [0.25, 0.3) is 0 Å². The lowest BCUT2D eigenvalue weighted by Gasteiger charge is -2.22. The monoisotopic (exact) mass is 509 g/mol. The summed E-state index contributed by atoms with van der Waals surface area (Å²) in [6, 6.07) is 7.75. The van der Waals surface area contributed by atoms with Crippen molar-refractivity contribution >= 4 is 40.0 Å². The van der Waals surface area contributed by atoms with E-state index in [0.717, 1.165) is 24.6 Å². The number of halogens is 1. The molecule has 0 bridgehead atoms. The molecule has 9 heteroatoms. The highest BCUT2D eigenvalue weighted by molar-refractivity contribution is 14.0. The van der Waals surface area contributed by atoms with E-state index in [1.165, 1.54) is 7.05 Å². The summed E-state index contributed by atoms with van der Waals surface area (Å²) >= 11 is 0. The fraction of sp³-hybridized carbons (Fsp3) is 0.611. The first kappa shape index (κ1) is 24.1. The van der Waals surface area contributed by atoms with Crippen molar-refractivity contribution in [2.45, 2.75) is 44.3 Å². The van der Waals surface area contributed by atoms with Crippen molar-refractivity contribution in [2.24, 2.45) is 10.9 Å². The molecule has 1 aromatic carbocycles. The van der Waals surface area contributed by atoms with Crippen LogP contribution >= 0.6 is 24.0 Å². The summed E-state index contributed by atoms with van der Waals surface area (Å²) < 4.78 is 25.8. The van der Waals surface area contributed by atoms with E-state index in [0.29, 0.717) is 24.5 Å². The zero-order valence-electron chi connectivity index (χ0n) is 16.7. The molecule has 1 fully saturated rings. The van der Waals surface area contributed by atoms with Crippen molar-refractivity contribution in [3.63, 3.8) is 0 Å². The first-order chi connectivity index (χ1) is 12.3. The molecule has 0 amide bonds. The number of hydrogen-bond acceptors (Lipinski definition) is 4. The third kappa shape index (κ3) is 6.58. The van der Waals surface area contributed by atoms with Crippen LogP contribution in [0.3, 0.4) is 0 Å². The van der Waals surface area contributed by atoms with Gasteiger partial charge in [0.25, 0.3) is 0 Å². The average Bonchev–Trinajstić information content (AvgIpc) is 2.99. The van der Waals surface area contributed by atoms with Gasteiger partial charge in [0.15, 0.2) is 5.96 Å². The summed E-state index contributed by atoms with van der Waals surface area (Å²) in [6.07, 6.45) is 0. The molecule has 7 nitrogen and oxygen atoms in total. The summed E-state index contributed by atoms with van der Waals surface area (Å²) in [7, 11) is -0.227. The lowest BCUT2D eigenvalue weighted by atomic mass is 10.1. The van der Waals surface area contributed by atoms with Gasteiger partial charge in [0.2, 0.25) is 10.0 Å². The smallest absolute Gasteiger partial charge is 0.240 e. The Morgan fingerprint density at radius 1 is 1.26 bits per heavy atom. The fourth-order valence-corrected chi connectivity index (χ4v) is 3.80. The number of nitrogens with zero attached hydrogens (tertiary/aromatic N) is 2. The molecule has 2 rings (SSSR count). The SMILES string of the molecule is CN=C(NCc1ccc(S(=O)(=O)NC)cc1)NC1CN(C(C)C)CC1C.I. The minimum atomic E-state index is -3.40. The molecule has 1 aliphatic rings. The Hall–Kier alpha value is -0.910. The number of aliphatic imine (C=N–C) groups is 1. The topological polar surface area (TPSA) is 85.8 Å². The normalized spacial score (nSPS) is 21.2. The number of hydrogen-bond donors (Lipinski definition) is 3. The van der Waals surface area contributed by atoms with E-state index >= 15 is 0 Å². The quantitative estimate of drug-likeness (QED) is 0.308. The lowest BCUT2D eigenvalue weighted by molar-refractivity contribution is 0.265. The Balaban J connectivity index is 0.00000364. The molecular weight excluding hydrogens is 477 g/mol. The van der Waals surface area contributed by atoms with Crippen LogP contribution < -0.4 is 15.4 Å². The number of nitrogens with one attached hydrogen (secondary N) is 3. The predicted octanol–water partition coefficient (Wildman–Crippen LogP) is 1.61. The van der Waals surface area contributed by atoms with Gasteiger partial charge in [0.05, 0.1) is 4.90 Å². The van der Waals surface area contributed by atoms with E-state index in [1.54, 1.807) is 19.2 Å². The molecule has 154 valence electrons. The minimum Gasteiger partial charge on any atom is -0.352 e. The van der Waals surface area contributed by atoms with Gasteiger partial charge in [-0.3, -0.25) is 9.89 Å². The summed E-state index contributed by atoms with van der Waals surface area (Å²) in [5.74, 6) is 1.32. The summed E-state index contributed by atoms with van der Waals surface area (Å²) in [5, 5.41) is 6.81. The van der Waals surface area contributed by atoms with E-state index in [-0.39, 0.29) is 28.9 Å². The maximum atomic E-state index is 11.8. The Labute approximate surface area is 180 Å². The third-order valence-corrected chi connectivity index (χ3v) is 6.31. The molecular formula is C18H32IN5O2S. The summed E-state index contributed by atoms with van der Waals surface area (Å²) in [6.45, 7) is 9.38. The third-order valence-electron chi connectivity index (χ3n) is 4.88. The van der Waals surface area contributed by atoms with Gasteiger partial charge in [0.1, 0.15) is 0 Å². The van der Waals surface area contributed by atoms with Gasteiger partial charge in [-0.25, -0.2) is 13.1 Å². The van der Waals surface area contributed by atoms with Crippen molar-refractivity contribution in [3.05, 3.63) is 29.8 Å². The average molecular weight is 509 g/mol. The number of benzene rings is 1. The molecule has 3 N–H and O–H groups in total. The van der Waals surface area contributed by atoms with Crippen LogP contribution in [0.4, 0.5) is 0 Å². The van der Waals surface area contributed by atoms with Crippen molar-refractivity contribution in [2.75, 3.05) is 27.2 Å². The molecule has 1 aromatic rings. The van der Waals surface area contributed by atoms with Gasteiger partial charge in [-0.15, -0.1) is 24.0 Å². The van der Waals surface area contributed by atoms with Crippen LogP contribution in [0, 0.1) is 5.92 Å². The van der Waals surface area contributed by atoms with Crippen molar-refractivity contribution in [1.29, 1.82) is 0 Å². The number of likely N-dealkylation sites (tertiary alicyclic amines) is 1. The van der Waals surface area contributed by atoms with Crippen molar-refractivity contribution in [3.8, 4) is 0 Å².